The summed E-state index contributed by atoms with van der Waals surface area (Å²) in [6.45, 7) is 2.07. The monoisotopic (exact) mass is 360 g/mol. The van der Waals surface area contributed by atoms with E-state index in [-0.39, 0.29) is 29.0 Å². The van der Waals surface area contributed by atoms with Crippen molar-refractivity contribution < 1.29 is 19.0 Å². The Morgan fingerprint density at radius 2 is 2.00 bits per heavy atom. The predicted molar refractivity (Wildman–Crippen MR) is 94.5 cm³/mol. The van der Waals surface area contributed by atoms with Crippen molar-refractivity contribution in [3.05, 3.63) is 47.0 Å². The minimum atomic E-state index is -0.380. The van der Waals surface area contributed by atoms with Gasteiger partial charge in [0.15, 0.2) is 18.1 Å². The number of carbonyl (C=O) groups is 1. The third-order valence-electron chi connectivity index (χ3n) is 3.17. The van der Waals surface area contributed by atoms with Gasteiger partial charge in [-0.05, 0) is 25.1 Å². The highest BCUT2D eigenvalue weighted by atomic mass is 35.5. The largest absolute Gasteiger partial charge is 0.493 e. The number of rotatable bonds is 7. The van der Waals surface area contributed by atoms with Gasteiger partial charge in [0.25, 0.3) is 5.91 Å². The second-order valence-corrected chi connectivity index (χ2v) is 5.27. The Morgan fingerprint density at radius 1 is 1.24 bits per heavy atom. The summed E-state index contributed by atoms with van der Waals surface area (Å²) in [4.78, 5) is 12.1. The van der Waals surface area contributed by atoms with Gasteiger partial charge in [0.05, 0.1) is 36.1 Å². The van der Waals surface area contributed by atoms with Crippen LogP contribution in [0.1, 0.15) is 12.5 Å². The first-order chi connectivity index (χ1) is 12.1. The van der Waals surface area contributed by atoms with E-state index >= 15 is 0 Å². The lowest BCUT2D eigenvalue weighted by Gasteiger charge is -2.14. The first kappa shape index (κ1) is 18.4. The number of amides is 1. The van der Waals surface area contributed by atoms with Gasteiger partial charge >= 0.3 is 0 Å². The number of nitrogens with one attached hydrogen (secondary N) is 1. The number of benzene rings is 2. The van der Waals surface area contributed by atoms with Gasteiger partial charge in [0.2, 0.25) is 0 Å². The predicted octanol–water partition coefficient (Wildman–Crippen LogP) is 3.64. The minimum Gasteiger partial charge on any atom is -0.493 e. The molecule has 2 aromatic rings. The number of methoxy groups -OCH3 is 1. The Bertz CT molecular complexity index is 802. The summed E-state index contributed by atoms with van der Waals surface area (Å²) in [6, 6.07) is 12.0. The number of hydrogen-bond acceptors (Lipinski definition) is 5. The maximum absolute atomic E-state index is 12.1. The van der Waals surface area contributed by atoms with Crippen molar-refractivity contribution in [2.75, 3.05) is 25.6 Å². The van der Waals surface area contributed by atoms with Gasteiger partial charge in [-0.25, -0.2) is 0 Å². The first-order valence-electron chi connectivity index (χ1n) is 7.51. The fraction of sp³-hybridized carbons (Fsp3) is 0.222. The molecule has 0 atom stereocenters. The Morgan fingerprint density at radius 3 is 2.68 bits per heavy atom. The summed E-state index contributed by atoms with van der Waals surface area (Å²) in [5.41, 5.74) is 0.889. The van der Waals surface area contributed by atoms with Crippen LogP contribution in [-0.4, -0.2) is 26.2 Å². The number of hydrogen-bond donors (Lipinski definition) is 1. The van der Waals surface area contributed by atoms with Gasteiger partial charge < -0.3 is 19.5 Å². The lowest BCUT2D eigenvalue weighted by molar-refractivity contribution is -0.118. The van der Waals surface area contributed by atoms with Crippen LogP contribution in [0.25, 0.3) is 0 Å². The van der Waals surface area contributed by atoms with E-state index in [1.54, 1.807) is 18.2 Å². The summed E-state index contributed by atoms with van der Waals surface area (Å²) in [7, 11) is 1.43. The van der Waals surface area contributed by atoms with Crippen LogP contribution in [0.2, 0.25) is 5.02 Å². The summed E-state index contributed by atoms with van der Waals surface area (Å²) >= 11 is 6.09. The van der Waals surface area contributed by atoms with Gasteiger partial charge in [0.1, 0.15) is 5.75 Å². The van der Waals surface area contributed by atoms with Crippen molar-refractivity contribution in [1.82, 2.24) is 0 Å². The molecule has 25 heavy (non-hydrogen) atoms. The fourth-order valence-electron chi connectivity index (χ4n) is 2.10. The van der Waals surface area contributed by atoms with E-state index in [0.29, 0.717) is 23.6 Å². The molecule has 0 bridgehead atoms. The fourth-order valence-corrected chi connectivity index (χ4v) is 2.36. The summed E-state index contributed by atoms with van der Waals surface area (Å²) in [6.07, 6.45) is 0. The van der Waals surface area contributed by atoms with Crippen LogP contribution < -0.4 is 19.5 Å². The standard InChI is InChI=1S/C18H17ClN2O4/c1-3-24-15-7-5-4-6-14(15)21-17(22)11-25-18-13(19)8-12(10-20)9-16(18)23-2/h4-9H,3,11H2,1-2H3,(H,21,22). The second-order valence-electron chi connectivity index (χ2n) is 4.87. The summed E-state index contributed by atoms with van der Waals surface area (Å²) in [5, 5.41) is 11.9. The Kier molecular flexibility index (Phi) is 6.49. The van der Waals surface area contributed by atoms with E-state index in [9.17, 15) is 4.79 Å². The highest BCUT2D eigenvalue weighted by Crippen LogP contribution is 2.36. The zero-order chi connectivity index (χ0) is 18.2. The van der Waals surface area contributed by atoms with Crippen LogP contribution in [0, 0.1) is 11.3 Å². The molecule has 0 saturated heterocycles. The van der Waals surface area contributed by atoms with Gasteiger partial charge in [-0.15, -0.1) is 0 Å². The molecule has 1 N–H and O–H groups in total. The Hall–Kier alpha value is -2.91. The molecule has 7 heteroatoms. The first-order valence-corrected chi connectivity index (χ1v) is 7.89. The van der Waals surface area contributed by atoms with Crippen molar-refractivity contribution in [1.29, 1.82) is 5.26 Å². The van der Waals surface area contributed by atoms with Crippen LogP contribution >= 0.6 is 11.6 Å². The van der Waals surface area contributed by atoms with Gasteiger partial charge in [-0.2, -0.15) is 5.26 Å². The molecule has 1 amide bonds. The number of nitrogens with zero attached hydrogens (tertiary/aromatic N) is 1. The van der Waals surface area contributed by atoms with E-state index in [0.717, 1.165) is 0 Å². The average molecular weight is 361 g/mol. The third-order valence-corrected chi connectivity index (χ3v) is 3.45. The van der Waals surface area contributed by atoms with Crippen molar-refractivity contribution in [2.24, 2.45) is 0 Å². The van der Waals surface area contributed by atoms with Crippen molar-refractivity contribution in [2.45, 2.75) is 6.92 Å². The van der Waals surface area contributed by atoms with E-state index in [4.69, 9.17) is 31.1 Å². The number of para-hydroxylation sites is 2. The molecule has 0 aliphatic carbocycles. The molecule has 0 radical (unpaired) electrons. The smallest absolute Gasteiger partial charge is 0.262 e. The molecule has 0 saturated carbocycles. The van der Waals surface area contributed by atoms with Gasteiger partial charge in [0, 0.05) is 6.07 Å². The topological polar surface area (TPSA) is 80.6 Å². The molecule has 0 aromatic heterocycles. The van der Waals surface area contributed by atoms with E-state index < -0.39 is 0 Å². The molecular weight excluding hydrogens is 344 g/mol. The van der Waals surface area contributed by atoms with Crippen LogP contribution in [0.3, 0.4) is 0 Å². The van der Waals surface area contributed by atoms with Gasteiger partial charge in [-0.1, -0.05) is 23.7 Å². The van der Waals surface area contributed by atoms with Crippen LogP contribution in [0.15, 0.2) is 36.4 Å². The molecule has 2 aromatic carbocycles. The number of carbonyl (C=O) groups excluding carboxylic acids is 1. The van der Waals surface area contributed by atoms with Crippen molar-refractivity contribution >= 4 is 23.2 Å². The molecule has 0 spiro atoms. The summed E-state index contributed by atoms with van der Waals surface area (Å²) in [5.74, 6) is 0.685. The minimum absolute atomic E-state index is 0.193. The molecule has 0 fully saturated rings. The lowest BCUT2D eigenvalue weighted by atomic mass is 10.2. The average Bonchev–Trinajstić information content (AvgIpc) is 2.61. The Balaban J connectivity index is 2.07. The van der Waals surface area contributed by atoms with Crippen LogP contribution in [0.5, 0.6) is 17.2 Å². The molecule has 0 aliphatic heterocycles. The SMILES string of the molecule is CCOc1ccccc1NC(=O)COc1c(Cl)cc(C#N)cc1OC. The Labute approximate surface area is 150 Å². The maximum atomic E-state index is 12.1. The quantitative estimate of drug-likeness (QED) is 0.815. The summed E-state index contributed by atoms with van der Waals surface area (Å²) < 4.78 is 16.1. The zero-order valence-electron chi connectivity index (χ0n) is 13.8. The zero-order valence-corrected chi connectivity index (χ0v) is 14.6. The highest BCUT2D eigenvalue weighted by molar-refractivity contribution is 6.32. The van der Waals surface area contributed by atoms with E-state index in [2.05, 4.69) is 5.32 Å². The molecule has 0 heterocycles. The number of anilines is 1. The number of nitriles is 1. The number of ether oxygens (including phenoxy) is 3. The molecule has 6 nitrogen and oxygen atoms in total. The van der Waals surface area contributed by atoms with Crippen molar-refractivity contribution in [3.63, 3.8) is 0 Å². The maximum Gasteiger partial charge on any atom is 0.262 e. The molecule has 130 valence electrons. The highest BCUT2D eigenvalue weighted by Gasteiger charge is 2.14. The molecular formula is C18H17ClN2O4. The molecule has 0 aliphatic rings. The van der Waals surface area contributed by atoms with Crippen LogP contribution in [-0.2, 0) is 4.79 Å². The third kappa shape index (κ3) is 4.78. The van der Waals surface area contributed by atoms with E-state index in [1.807, 2.05) is 19.1 Å². The lowest BCUT2D eigenvalue weighted by Crippen LogP contribution is -2.21. The second kappa shape index (κ2) is 8.81. The van der Waals surface area contributed by atoms with Crippen molar-refractivity contribution in [3.8, 4) is 23.3 Å². The normalized spacial score (nSPS) is 9.84. The van der Waals surface area contributed by atoms with E-state index in [1.165, 1.54) is 19.2 Å². The molecule has 2 rings (SSSR count). The van der Waals surface area contributed by atoms with Crippen LogP contribution in [0.4, 0.5) is 5.69 Å². The molecule has 0 unspecified atom stereocenters. The van der Waals surface area contributed by atoms with Gasteiger partial charge in [-0.3, -0.25) is 4.79 Å². The number of halogens is 1.